The smallest absolute Gasteiger partial charge is 0.237 e. The van der Waals surface area contributed by atoms with Gasteiger partial charge in [0.25, 0.3) is 0 Å². The summed E-state index contributed by atoms with van der Waals surface area (Å²) in [6, 6.07) is 0. The van der Waals surface area contributed by atoms with Gasteiger partial charge in [0.05, 0.1) is 11.7 Å². The van der Waals surface area contributed by atoms with Crippen LogP contribution in [0.25, 0.3) is 0 Å². The molecular formula is C10H18N4O. The van der Waals surface area contributed by atoms with E-state index in [1.54, 1.807) is 11.6 Å². The van der Waals surface area contributed by atoms with Crippen molar-refractivity contribution in [1.82, 2.24) is 9.78 Å². The molecule has 0 fully saturated rings. The van der Waals surface area contributed by atoms with Crippen molar-refractivity contribution in [2.75, 3.05) is 0 Å². The van der Waals surface area contributed by atoms with Crippen LogP contribution in [0, 0.1) is 0 Å². The third-order valence-corrected chi connectivity index (χ3v) is 2.52. The van der Waals surface area contributed by atoms with Gasteiger partial charge in [0.2, 0.25) is 5.91 Å². The van der Waals surface area contributed by atoms with Crippen LogP contribution in [0.1, 0.15) is 25.8 Å². The fourth-order valence-electron chi connectivity index (χ4n) is 1.18. The van der Waals surface area contributed by atoms with Crippen LogP contribution >= 0.6 is 0 Å². The lowest BCUT2D eigenvalue weighted by atomic mass is 9.99. The molecular weight excluding hydrogens is 192 g/mol. The number of amides is 1. The van der Waals surface area contributed by atoms with Gasteiger partial charge in [-0.05, 0) is 25.3 Å². The highest BCUT2D eigenvalue weighted by atomic mass is 16.1. The lowest BCUT2D eigenvalue weighted by molar-refractivity contribution is -0.122. The fraction of sp³-hybridized carbons (Fsp3) is 0.600. The number of carbonyl (C=O) groups excluding carboxylic acids is 1. The molecule has 1 aromatic rings. The SMILES string of the molecule is CCc1cnn(CCC(C)(N)C(N)=O)c1. The van der Waals surface area contributed by atoms with Gasteiger partial charge in [-0.1, -0.05) is 6.92 Å². The second-order valence-electron chi connectivity index (χ2n) is 4.00. The van der Waals surface area contributed by atoms with Gasteiger partial charge in [-0.25, -0.2) is 0 Å². The van der Waals surface area contributed by atoms with Crippen LogP contribution in [0.2, 0.25) is 0 Å². The van der Waals surface area contributed by atoms with Gasteiger partial charge in [-0.15, -0.1) is 0 Å². The highest BCUT2D eigenvalue weighted by Crippen LogP contribution is 2.07. The first-order valence-electron chi connectivity index (χ1n) is 5.06. The molecule has 0 aromatic carbocycles. The molecule has 5 nitrogen and oxygen atoms in total. The topological polar surface area (TPSA) is 86.9 Å². The number of hydrogen-bond donors (Lipinski definition) is 2. The van der Waals surface area contributed by atoms with E-state index >= 15 is 0 Å². The van der Waals surface area contributed by atoms with E-state index in [1.165, 1.54) is 5.56 Å². The summed E-state index contributed by atoms with van der Waals surface area (Å²) in [4.78, 5) is 11.0. The van der Waals surface area contributed by atoms with Gasteiger partial charge in [0.1, 0.15) is 0 Å². The summed E-state index contributed by atoms with van der Waals surface area (Å²) in [6.07, 6.45) is 5.22. The molecule has 4 N–H and O–H groups in total. The van der Waals surface area contributed by atoms with Crippen LogP contribution < -0.4 is 11.5 Å². The molecule has 1 aromatic heterocycles. The van der Waals surface area contributed by atoms with Crippen molar-refractivity contribution in [3.63, 3.8) is 0 Å². The number of carbonyl (C=O) groups is 1. The van der Waals surface area contributed by atoms with Gasteiger partial charge >= 0.3 is 0 Å². The zero-order chi connectivity index (χ0) is 11.5. The predicted molar refractivity (Wildman–Crippen MR) is 58.0 cm³/mol. The maximum atomic E-state index is 11.0. The van der Waals surface area contributed by atoms with E-state index in [9.17, 15) is 4.79 Å². The number of nitrogens with zero attached hydrogens (tertiary/aromatic N) is 2. The number of nitrogens with two attached hydrogens (primary N) is 2. The molecule has 0 radical (unpaired) electrons. The molecule has 1 atom stereocenters. The summed E-state index contributed by atoms with van der Waals surface area (Å²) in [5.41, 5.74) is 11.1. The van der Waals surface area contributed by atoms with Crippen molar-refractivity contribution in [1.29, 1.82) is 0 Å². The van der Waals surface area contributed by atoms with E-state index in [0.29, 0.717) is 13.0 Å². The number of hydrogen-bond acceptors (Lipinski definition) is 3. The molecule has 1 unspecified atom stereocenters. The molecule has 15 heavy (non-hydrogen) atoms. The standard InChI is InChI=1S/C10H18N4O/c1-3-8-6-13-14(7-8)5-4-10(2,12)9(11)15/h6-7H,3-5,12H2,1-2H3,(H2,11,15). The Balaban J connectivity index is 2.53. The molecule has 0 saturated carbocycles. The maximum absolute atomic E-state index is 11.0. The molecule has 1 amide bonds. The van der Waals surface area contributed by atoms with Gasteiger partial charge in [0.15, 0.2) is 0 Å². The second-order valence-corrected chi connectivity index (χ2v) is 4.00. The molecule has 1 rings (SSSR count). The summed E-state index contributed by atoms with van der Waals surface area (Å²) >= 11 is 0. The molecule has 0 aliphatic heterocycles. The maximum Gasteiger partial charge on any atom is 0.237 e. The Morgan fingerprint density at radius 2 is 2.33 bits per heavy atom. The van der Waals surface area contributed by atoms with Crippen molar-refractivity contribution < 1.29 is 4.79 Å². The molecule has 0 saturated heterocycles. The molecule has 0 bridgehead atoms. The van der Waals surface area contributed by atoms with Crippen molar-refractivity contribution in [3.05, 3.63) is 18.0 Å². The van der Waals surface area contributed by atoms with Crippen molar-refractivity contribution in [3.8, 4) is 0 Å². The lowest BCUT2D eigenvalue weighted by Gasteiger charge is -2.19. The summed E-state index contributed by atoms with van der Waals surface area (Å²) in [5.74, 6) is -0.481. The molecule has 5 heteroatoms. The summed E-state index contributed by atoms with van der Waals surface area (Å²) in [7, 11) is 0. The Bertz CT molecular complexity index is 343. The third-order valence-electron chi connectivity index (χ3n) is 2.52. The summed E-state index contributed by atoms with van der Waals surface area (Å²) in [6.45, 7) is 4.31. The average Bonchev–Trinajstić information content (AvgIpc) is 2.62. The van der Waals surface area contributed by atoms with Gasteiger partial charge < -0.3 is 11.5 Å². The van der Waals surface area contributed by atoms with Crippen LogP contribution in [0.15, 0.2) is 12.4 Å². The first kappa shape index (κ1) is 11.7. The molecule has 0 aliphatic carbocycles. The van der Waals surface area contributed by atoms with Crippen LogP contribution in [0.5, 0.6) is 0 Å². The van der Waals surface area contributed by atoms with Crippen LogP contribution in [0.3, 0.4) is 0 Å². The number of aryl methyl sites for hydroxylation is 2. The van der Waals surface area contributed by atoms with E-state index < -0.39 is 11.4 Å². The quantitative estimate of drug-likeness (QED) is 0.719. The van der Waals surface area contributed by atoms with E-state index in [1.807, 2.05) is 12.4 Å². The highest BCUT2D eigenvalue weighted by Gasteiger charge is 2.25. The van der Waals surface area contributed by atoms with E-state index in [4.69, 9.17) is 11.5 Å². The molecule has 0 aliphatic rings. The average molecular weight is 210 g/mol. The van der Waals surface area contributed by atoms with Crippen LogP contribution in [0.4, 0.5) is 0 Å². The Morgan fingerprint density at radius 1 is 1.67 bits per heavy atom. The van der Waals surface area contributed by atoms with E-state index in [0.717, 1.165) is 6.42 Å². The zero-order valence-corrected chi connectivity index (χ0v) is 9.23. The minimum atomic E-state index is -0.960. The van der Waals surface area contributed by atoms with Gasteiger partial charge in [-0.2, -0.15) is 5.10 Å². The number of rotatable bonds is 5. The predicted octanol–water partition coefficient (Wildman–Crippen LogP) is 0.0383. The second kappa shape index (κ2) is 4.44. The molecule has 0 spiro atoms. The highest BCUT2D eigenvalue weighted by molar-refractivity contribution is 5.83. The first-order valence-corrected chi connectivity index (χ1v) is 5.06. The molecule has 1 heterocycles. The molecule has 84 valence electrons. The Kier molecular flexibility index (Phi) is 3.47. The van der Waals surface area contributed by atoms with E-state index in [2.05, 4.69) is 12.0 Å². The normalized spacial score (nSPS) is 14.9. The Hall–Kier alpha value is -1.36. The monoisotopic (exact) mass is 210 g/mol. The first-order chi connectivity index (χ1) is 6.95. The van der Waals surface area contributed by atoms with Crippen molar-refractivity contribution in [2.45, 2.75) is 38.8 Å². The van der Waals surface area contributed by atoms with E-state index in [-0.39, 0.29) is 0 Å². The minimum absolute atomic E-state index is 0.481. The lowest BCUT2D eigenvalue weighted by Crippen LogP contribution is -2.49. The third kappa shape index (κ3) is 3.06. The summed E-state index contributed by atoms with van der Waals surface area (Å²) in [5, 5.41) is 4.16. The largest absolute Gasteiger partial charge is 0.368 e. The van der Waals surface area contributed by atoms with Crippen LogP contribution in [-0.2, 0) is 17.8 Å². The Morgan fingerprint density at radius 3 is 2.80 bits per heavy atom. The minimum Gasteiger partial charge on any atom is -0.368 e. The Labute approximate surface area is 89.4 Å². The fourth-order valence-corrected chi connectivity index (χ4v) is 1.18. The van der Waals surface area contributed by atoms with Gasteiger partial charge in [0, 0.05) is 12.7 Å². The van der Waals surface area contributed by atoms with Crippen LogP contribution in [-0.4, -0.2) is 21.2 Å². The zero-order valence-electron chi connectivity index (χ0n) is 9.23. The van der Waals surface area contributed by atoms with Gasteiger partial charge in [-0.3, -0.25) is 9.48 Å². The van der Waals surface area contributed by atoms with Crippen molar-refractivity contribution in [2.24, 2.45) is 11.5 Å². The number of primary amides is 1. The summed E-state index contributed by atoms with van der Waals surface area (Å²) < 4.78 is 1.78. The number of aromatic nitrogens is 2. The van der Waals surface area contributed by atoms with Crippen molar-refractivity contribution >= 4 is 5.91 Å².